The maximum Gasteiger partial charge on any atom is 0.262 e. The Labute approximate surface area is 216 Å². The zero-order chi connectivity index (χ0) is 26.4. The van der Waals surface area contributed by atoms with Crippen molar-refractivity contribution < 1.29 is 29.6 Å². The molecule has 2 heterocycles. The van der Waals surface area contributed by atoms with Crippen molar-refractivity contribution in [3.63, 3.8) is 0 Å². The van der Waals surface area contributed by atoms with Gasteiger partial charge in [-0.15, -0.1) is 0 Å². The number of ether oxygens (including phenoxy) is 2. The van der Waals surface area contributed by atoms with E-state index in [9.17, 15) is 25.4 Å². The van der Waals surface area contributed by atoms with Crippen LogP contribution in [0.4, 0.5) is 5.69 Å². The molecule has 0 aromatic heterocycles. The number of aliphatic hydroxyl groups is 3. The first-order valence-corrected chi connectivity index (χ1v) is 12.5. The van der Waals surface area contributed by atoms with E-state index < -0.39 is 36.4 Å². The summed E-state index contributed by atoms with van der Waals surface area (Å²) in [5.74, 6) is -0.619. The number of nitrogens with zero attached hydrogens (tertiary/aromatic N) is 2. The van der Waals surface area contributed by atoms with Gasteiger partial charge in [-0.1, -0.05) is 18.2 Å². The fourth-order valence-corrected chi connectivity index (χ4v) is 4.56. The molecule has 0 bridgehead atoms. The number of aliphatic hydroxyl groups excluding tert-OH is 3. The van der Waals surface area contributed by atoms with Gasteiger partial charge in [0.2, 0.25) is 0 Å². The molecule has 5 unspecified atom stereocenters. The Kier molecular flexibility index (Phi) is 9.10. The molecule has 0 saturated carbocycles. The summed E-state index contributed by atoms with van der Waals surface area (Å²) in [6.07, 6.45) is -4.07. The van der Waals surface area contributed by atoms with E-state index in [4.69, 9.17) is 9.47 Å². The highest BCUT2D eigenvalue weighted by molar-refractivity contribution is 6.02. The lowest BCUT2D eigenvalue weighted by atomic mass is 9.95. The monoisotopic (exact) mass is 510 g/mol. The van der Waals surface area contributed by atoms with Crippen LogP contribution in [0.1, 0.15) is 12.5 Å². The van der Waals surface area contributed by atoms with Crippen LogP contribution in [0.2, 0.25) is 0 Å². The molecule has 2 fully saturated rings. The van der Waals surface area contributed by atoms with Crippen LogP contribution in [0.3, 0.4) is 0 Å². The summed E-state index contributed by atoms with van der Waals surface area (Å²) >= 11 is 0. The van der Waals surface area contributed by atoms with Crippen LogP contribution in [0.15, 0.2) is 42.0 Å². The van der Waals surface area contributed by atoms with E-state index in [1.165, 1.54) is 6.08 Å². The number of carbonyl (C=O) groups excluding carboxylic acids is 1. The maximum absolute atomic E-state index is 12.6. The molecule has 5 atom stereocenters. The average Bonchev–Trinajstić information content (AvgIpc) is 2.92. The zero-order valence-electron chi connectivity index (χ0n) is 20.8. The highest BCUT2D eigenvalue weighted by atomic mass is 16.5. The standard InChI is InChI=1S/C27H34N4O6/c1-17-24(32)26(34)25(33)23(37-17)16-30-27(35)21(15-28)13-18-2-3-20-14-22(5-4-19(20)12-18)29-6-7-31-8-10-36-11-9-31/h2-5,12-14,17,23-26,29,32-34H,6-11,16H2,1H3,(H,30,35). The van der Waals surface area contributed by atoms with E-state index in [1.807, 2.05) is 36.4 Å². The molecule has 2 aromatic carbocycles. The van der Waals surface area contributed by atoms with Gasteiger partial charge in [0, 0.05) is 38.4 Å². The minimum absolute atomic E-state index is 0.0975. The van der Waals surface area contributed by atoms with Crippen molar-refractivity contribution in [3.05, 3.63) is 47.5 Å². The minimum atomic E-state index is -1.38. The van der Waals surface area contributed by atoms with E-state index in [-0.39, 0.29) is 12.1 Å². The largest absolute Gasteiger partial charge is 0.388 e. The predicted octanol–water partition coefficient (Wildman–Crippen LogP) is 0.477. The molecule has 2 aliphatic rings. The Hall–Kier alpha value is -3.04. The van der Waals surface area contributed by atoms with Crippen LogP contribution >= 0.6 is 0 Å². The summed E-state index contributed by atoms with van der Waals surface area (Å²) in [6, 6.07) is 13.7. The van der Waals surface area contributed by atoms with Crippen LogP contribution < -0.4 is 10.6 Å². The SMILES string of the molecule is CC1OC(CNC(=O)C(C#N)=Cc2ccc3cc(NCCN4CCOCC4)ccc3c2)C(O)C(O)C1O. The molecule has 2 aromatic rings. The smallest absolute Gasteiger partial charge is 0.262 e. The van der Waals surface area contributed by atoms with E-state index in [2.05, 4.69) is 21.6 Å². The number of rotatable bonds is 8. The second-order valence-electron chi connectivity index (χ2n) is 9.43. The summed E-state index contributed by atoms with van der Waals surface area (Å²) in [5, 5.41) is 47.4. The van der Waals surface area contributed by atoms with Gasteiger partial charge < -0.3 is 35.4 Å². The summed E-state index contributed by atoms with van der Waals surface area (Å²) in [5.41, 5.74) is 1.63. The van der Waals surface area contributed by atoms with Crippen molar-refractivity contribution in [2.24, 2.45) is 0 Å². The molecule has 37 heavy (non-hydrogen) atoms. The van der Waals surface area contributed by atoms with Crippen molar-refractivity contribution in [1.82, 2.24) is 10.2 Å². The molecule has 2 saturated heterocycles. The summed E-state index contributed by atoms with van der Waals surface area (Å²) < 4.78 is 10.9. The van der Waals surface area contributed by atoms with Crippen molar-refractivity contribution in [3.8, 4) is 6.07 Å². The molecular weight excluding hydrogens is 476 g/mol. The Morgan fingerprint density at radius 2 is 1.84 bits per heavy atom. The third-order valence-electron chi connectivity index (χ3n) is 6.82. The van der Waals surface area contributed by atoms with Crippen molar-refractivity contribution >= 4 is 28.4 Å². The summed E-state index contributed by atoms with van der Waals surface area (Å²) in [6.45, 7) is 6.74. The number of fused-ring (bicyclic) bond motifs is 1. The average molecular weight is 511 g/mol. The number of morpholine rings is 1. The van der Waals surface area contributed by atoms with E-state index in [0.717, 1.165) is 55.9 Å². The molecule has 198 valence electrons. The first-order chi connectivity index (χ1) is 17.9. The molecule has 5 N–H and O–H groups in total. The molecule has 4 rings (SSSR count). The maximum atomic E-state index is 12.6. The fraction of sp³-hybridized carbons (Fsp3) is 0.481. The highest BCUT2D eigenvalue weighted by Gasteiger charge is 2.41. The highest BCUT2D eigenvalue weighted by Crippen LogP contribution is 2.23. The Balaban J connectivity index is 1.35. The molecule has 0 radical (unpaired) electrons. The van der Waals surface area contributed by atoms with Crippen LogP contribution in [0.5, 0.6) is 0 Å². The number of nitriles is 1. The number of anilines is 1. The second-order valence-corrected chi connectivity index (χ2v) is 9.43. The van der Waals surface area contributed by atoms with Crippen LogP contribution in [-0.2, 0) is 14.3 Å². The number of hydrogen-bond acceptors (Lipinski definition) is 9. The number of nitrogens with one attached hydrogen (secondary N) is 2. The van der Waals surface area contributed by atoms with Gasteiger partial charge in [0.05, 0.1) is 19.3 Å². The molecule has 10 nitrogen and oxygen atoms in total. The zero-order valence-corrected chi connectivity index (χ0v) is 20.8. The molecule has 2 aliphatic heterocycles. The van der Waals surface area contributed by atoms with Crippen LogP contribution in [0, 0.1) is 11.3 Å². The normalized spacial score (nSPS) is 27.0. The van der Waals surface area contributed by atoms with Gasteiger partial charge >= 0.3 is 0 Å². The van der Waals surface area contributed by atoms with E-state index in [1.54, 1.807) is 6.92 Å². The van der Waals surface area contributed by atoms with Gasteiger partial charge in [0.15, 0.2) is 0 Å². The van der Waals surface area contributed by atoms with Gasteiger partial charge in [0.1, 0.15) is 36.1 Å². The predicted molar refractivity (Wildman–Crippen MR) is 139 cm³/mol. The molecule has 0 spiro atoms. The van der Waals surface area contributed by atoms with Crippen molar-refractivity contribution in [2.45, 2.75) is 37.4 Å². The second kappa shape index (κ2) is 12.5. The third-order valence-corrected chi connectivity index (χ3v) is 6.82. The van der Waals surface area contributed by atoms with Gasteiger partial charge in [-0.3, -0.25) is 9.69 Å². The lowest BCUT2D eigenvalue weighted by molar-refractivity contribution is -0.215. The van der Waals surface area contributed by atoms with Gasteiger partial charge in [-0.2, -0.15) is 5.26 Å². The lowest BCUT2D eigenvalue weighted by Gasteiger charge is -2.39. The van der Waals surface area contributed by atoms with Crippen LogP contribution in [-0.4, -0.2) is 103 Å². The summed E-state index contributed by atoms with van der Waals surface area (Å²) in [4.78, 5) is 15.0. The fourth-order valence-electron chi connectivity index (χ4n) is 4.56. The van der Waals surface area contributed by atoms with Gasteiger partial charge in [-0.05, 0) is 47.5 Å². The van der Waals surface area contributed by atoms with Gasteiger partial charge in [0.25, 0.3) is 5.91 Å². The number of hydrogen-bond donors (Lipinski definition) is 5. The number of benzene rings is 2. The van der Waals surface area contributed by atoms with E-state index in [0.29, 0.717) is 5.56 Å². The molecule has 10 heteroatoms. The Bertz CT molecular complexity index is 1160. The van der Waals surface area contributed by atoms with Crippen LogP contribution in [0.25, 0.3) is 16.8 Å². The quantitative estimate of drug-likeness (QED) is 0.253. The molecule has 1 amide bonds. The lowest BCUT2D eigenvalue weighted by Crippen LogP contribution is -2.59. The molecular formula is C27H34N4O6. The first kappa shape index (κ1) is 27.0. The Morgan fingerprint density at radius 3 is 2.59 bits per heavy atom. The van der Waals surface area contributed by atoms with E-state index >= 15 is 0 Å². The first-order valence-electron chi connectivity index (χ1n) is 12.5. The Morgan fingerprint density at radius 1 is 1.11 bits per heavy atom. The number of amides is 1. The number of carbonyl (C=O) groups is 1. The van der Waals surface area contributed by atoms with Crippen molar-refractivity contribution in [1.29, 1.82) is 5.26 Å². The van der Waals surface area contributed by atoms with Crippen molar-refractivity contribution in [2.75, 3.05) is 51.3 Å². The van der Waals surface area contributed by atoms with Gasteiger partial charge in [-0.25, -0.2) is 0 Å². The summed E-state index contributed by atoms with van der Waals surface area (Å²) in [7, 11) is 0. The minimum Gasteiger partial charge on any atom is -0.388 e. The topological polar surface area (TPSA) is 147 Å². The molecule has 0 aliphatic carbocycles. The third kappa shape index (κ3) is 6.84.